The minimum Gasteiger partial charge on any atom is -0.506 e. The number of hydrogen-bond donors (Lipinski definition) is 3. The molecule has 19 heavy (non-hydrogen) atoms. The van der Waals surface area contributed by atoms with Crippen molar-refractivity contribution in [3.05, 3.63) is 53.1 Å². The Morgan fingerprint density at radius 3 is 2.58 bits per heavy atom. The second-order valence-corrected chi connectivity index (χ2v) is 4.55. The van der Waals surface area contributed by atoms with Crippen LogP contribution >= 0.6 is 0 Å². The summed E-state index contributed by atoms with van der Waals surface area (Å²) < 4.78 is 0. The number of phenolic OH excluding ortho intramolecular Hbond substituents is 1. The first-order valence-corrected chi connectivity index (χ1v) is 5.94. The lowest BCUT2D eigenvalue weighted by Gasteiger charge is -2.09. The molecular weight excluding hydrogens is 240 g/mol. The minimum absolute atomic E-state index is 0.0408. The Hall–Kier alpha value is -2.49. The molecule has 0 radical (unpaired) electrons. The summed E-state index contributed by atoms with van der Waals surface area (Å²) in [5.74, 6) is -0.258. The zero-order valence-electron chi connectivity index (χ0n) is 10.9. The van der Waals surface area contributed by atoms with Crippen molar-refractivity contribution in [3.8, 4) is 5.75 Å². The number of anilines is 2. The first kappa shape index (κ1) is 13.0. The lowest BCUT2D eigenvalue weighted by Crippen LogP contribution is -2.12. The highest BCUT2D eigenvalue weighted by molar-refractivity contribution is 6.05. The number of aryl methyl sites for hydroxylation is 2. The minimum atomic E-state index is -0.299. The molecule has 0 bridgehead atoms. The van der Waals surface area contributed by atoms with Gasteiger partial charge in [0, 0.05) is 11.3 Å². The van der Waals surface area contributed by atoms with Crippen molar-refractivity contribution in [3.63, 3.8) is 0 Å². The van der Waals surface area contributed by atoms with Crippen LogP contribution in [0.25, 0.3) is 0 Å². The Bertz CT molecular complexity index is 636. The predicted octanol–water partition coefficient (Wildman–Crippen LogP) is 2.84. The summed E-state index contributed by atoms with van der Waals surface area (Å²) >= 11 is 0. The van der Waals surface area contributed by atoms with Crippen LogP contribution in [0.5, 0.6) is 5.75 Å². The monoisotopic (exact) mass is 256 g/mol. The number of nitrogens with one attached hydrogen (secondary N) is 1. The van der Waals surface area contributed by atoms with Gasteiger partial charge in [0.2, 0.25) is 0 Å². The largest absolute Gasteiger partial charge is 0.506 e. The third kappa shape index (κ3) is 2.85. The Balaban J connectivity index is 2.25. The maximum Gasteiger partial charge on any atom is 0.255 e. The standard InChI is InChI=1S/C15H16N2O2/c1-9-3-6-14(18)13(7-9)17-15(19)11-5-4-10(2)12(16)8-11/h3-8,18H,16H2,1-2H3,(H,17,19). The zero-order valence-corrected chi connectivity index (χ0v) is 10.9. The van der Waals surface area contributed by atoms with E-state index in [-0.39, 0.29) is 11.7 Å². The summed E-state index contributed by atoms with van der Waals surface area (Å²) in [6.07, 6.45) is 0. The predicted molar refractivity (Wildman–Crippen MR) is 76.4 cm³/mol. The molecule has 0 aliphatic heterocycles. The molecule has 0 atom stereocenters. The van der Waals surface area contributed by atoms with E-state index in [4.69, 9.17) is 5.73 Å². The van der Waals surface area contributed by atoms with E-state index in [1.54, 1.807) is 36.4 Å². The Labute approximate surface area is 111 Å². The van der Waals surface area contributed by atoms with Crippen LogP contribution in [0.4, 0.5) is 11.4 Å². The molecule has 2 aromatic rings. The van der Waals surface area contributed by atoms with Gasteiger partial charge in [-0.25, -0.2) is 0 Å². The quantitative estimate of drug-likeness (QED) is 0.571. The first-order chi connectivity index (χ1) is 8.97. The fourth-order valence-corrected chi connectivity index (χ4v) is 1.73. The number of nitrogen functional groups attached to an aromatic ring is 1. The van der Waals surface area contributed by atoms with Crippen LogP contribution in [-0.4, -0.2) is 11.0 Å². The van der Waals surface area contributed by atoms with Crippen LogP contribution in [0.2, 0.25) is 0 Å². The molecule has 0 aromatic heterocycles. The number of phenols is 1. The molecule has 0 fully saturated rings. The summed E-state index contributed by atoms with van der Waals surface area (Å²) in [6, 6.07) is 10.2. The number of benzene rings is 2. The van der Waals surface area contributed by atoms with Crippen LogP contribution in [0.3, 0.4) is 0 Å². The number of nitrogens with two attached hydrogens (primary N) is 1. The average molecular weight is 256 g/mol. The van der Waals surface area contributed by atoms with Crippen molar-refractivity contribution in [2.24, 2.45) is 0 Å². The second-order valence-electron chi connectivity index (χ2n) is 4.55. The maximum atomic E-state index is 12.1. The van der Waals surface area contributed by atoms with Gasteiger partial charge < -0.3 is 16.2 Å². The molecule has 4 nitrogen and oxygen atoms in total. The molecule has 2 rings (SSSR count). The Kier molecular flexibility index (Phi) is 3.42. The highest BCUT2D eigenvalue weighted by atomic mass is 16.3. The van der Waals surface area contributed by atoms with Gasteiger partial charge in [0.1, 0.15) is 5.75 Å². The van der Waals surface area contributed by atoms with Crippen molar-refractivity contribution in [2.45, 2.75) is 13.8 Å². The normalized spacial score (nSPS) is 10.2. The van der Waals surface area contributed by atoms with E-state index in [1.165, 1.54) is 0 Å². The molecule has 0 spiro atoms. The summed E-state index contributed by atoms with van der Waals surface area (Å²) in [4.78, 5) is 12.1. The zero-order chi connectivity index (χ0) is 14.0. The van der Waals surface area contributed by atoms with Gasteiger partial charge in [-0.2, -0.15) is 0 Å². The van der Waals surface area contributed by atoms with E-state index >= 15 is 0 Å². The summed E-state index contributed by atoms with van der Waals surface area (Å²) in [5.41, 5.74) is 9.08. The van der Waals surface area contributed by atoms with Gasteiger partial charge in [0.25, 0.3) is 5.91 Å². The summed E-state index contributed by atoms with van der Waals surface area (Å²) in [5, 5.41) is 12.4. The van der Waals surface area contributed by atoms with E-state index in [2.05, 4.69) is 5.32 Å². The third-order valence-electron chi connectivity index (χ3n) is 2.94. The smallest absolute Gasteiger partial charge is 0.255 e. The van der Waals surface area contributed by atoms with E-state index in [0.29, 0.717) is 16.9 Å². The Morgan fingerprint density at radius 1 is 1.16 bits per heavy atom. The molecule has 4 N–H and O–H groups in total. The van der Waals surface area contributed by atoms with Gasteiger partial charge in [0.05, 0.1) is 5.69 Å². The van der Waals surface area contributed by atoms with E-state index in [0.717, 1.165) is 11.1 Å². The van der Waals surface area contributed by atoms with Crippen LogP contribution in [0.15, 0.2) is 36.4 Å². The molecule has 4 heteroatoms. The van der Waals surface area contributed by atoms with Crippen molar-refractivity contribution in [2.75, 3.05) is 11.1 Å². The highest BCUT2D eigenvalue weighted by Crippen LogP contribution is 2.24. The highest BCUT2D eigenvalue weighted by Gasteiger charge is 2.10. The van der Waals surface area contributed by atoms with Gasteiger partial charge in [-0.1, -0.05) is 12.1 Å². The van der Waals surface area contributed by atoms with E-state index in [1.807, 2.05) is 13.8 Å². The van der Waals surface area contributed by atoms with Crippen molar-refractivity contribution in [1.29, 1.82) is 0 Å². The van der Waals surface area contributed by atoms with Gasteiger partial charge in [-0.3, -0.25) is 4.79 Å². The fraction of sp³-hybridized carbons (Fsp3) is 0.133. The maximum absolute atomic E-state index is 12.1. The molecular formula is C15H16N2O2. The van der Waals surface area contributed by atoms with Crippen LogP contribution in [0, 0.1) is 13.8 Å². The second kappa shape index (κ2) is 5.02. The summed E-state index contributed by atoms with van der Waals surface area (Å²) in [7, 11) is 0. The molecule has 0 unspecified atom stereocenters. The molecule has 0 heterocycles. The summed E-state index contributed by atoms with van der Waals surface area (Å²) in [6.45, 7) is 3.77. The number of rotatable bonds is 2. The molecule has 0 saturated heterocycles. The number of carbonyl (C=O) groups excluding carboxylic acids is 1. The molecule has 0 aliphatic rings. The van der Waals surface area contributed by atoms with Gasteiger partial charge in [0.15, 0.2) is 0 Å². The number of carbonyl (C=O) groups is 1. The molecule has 1 amide bonds. The third-order valence-corrected chi connectivity index (χ3v) is 2.94. The fourth-order valence-electron chi connectivity index (χ4n) is 1.73. The molecule has 2 aromatic carbocycles. The number of amides is 1. The molecule has 0 aliphatic carbocycles. The lowest BCUT2D eigenvalue weighted by atomic mass is 10.1. The lowest BCUT2D eigenvalue weighted by molar-refractivity contribution is 0.102. The van der Waals surface area contributed by atoms with E-state index < -0.39 is 0 Å². The number of hydrogen-bond acceptors (Lipinski definition) is 3. The first-order valence-electron chi connectivity index (χ1n) is 5.94. The van der Waals surface area contributed by atoms with Crippen LogP contribution in [0.1, 0.15) is 21.5 Å². The van der Waals surface area contributed by atoms with Crippen molar-refractivity contribution >= 4 is 17.3 Å². The SMILES string of the molecule is Cc1ccc(O)c(NC(=O)c2ccc(C)c(N)c2)c1. The average Bonchev–Trinajstić information content (AvgIpc) is 2.37. The van der Waals surface area contributed by atoms with Crippen LogP contribution < -0.4 is 11.1 Å². The topological polar surface area (TPSA) is 75.3 Å². The Morgan fingerprint density at radius 2 is 1.89 bits per heavy atom. The molecule has 98 valence electrons. The van der Waals surface area contributed by atoms with E-state index in [9.17, 15) is 9.90 Å². The van der Waals surface area contributed by atoms with Gasteiger partial charge in [-0.15, -0.1) is 0 Å². The van der Waals surface area contributed by atoms with Crippen LogP contribution in [-0.2, 0) is 0 Å². The van der Waals surface area contributed by atoms with Gasteiger partial charge >= 0.3 is 0 Å². The molecule has 0 saturated carbocycles. The number of aromatic hydroxyl groups is 1. The van der Waals surface area contributed by atoms with Crippen molar-refractivity contribution < 1.29 is 9.90 Å². The van der Waals surface area contributed by atoms with Gasteiger partial charge in [-0.05, 0) is 49.2 Å². The van der Waals surface area contributed by atoms with Crippen molar-refractivity contribution in [1.82, 2.24) is 0 Å².